The maximum absolute atomic E-state index is 14.2. The molecule has 0 fully saturated rings. The molecule has 25 heavy (non-hydrogen) atoms. The molecule has 1 aromatic carbocycles. The predicted molar refractivity (Wildman–Crippen MR) is 84.5 cm³/mol. The second-order valence-electron chi connectivity index (χ2n) is 5.11. The van der Waals surface area contributed by atoms with Gasteiger partial charge < -0.3 is 4.42 Å². The normalized spacial score (nSPS) is 10.3. The van der Waals surface area contributed by atoms with Gasteiger partial charge in [-0.25, -0.2) is 13.8 Å². The van der Waals surface area contributed by atoms with Gasteiger partial charge in [-0.3, -0.25) is 9.69 Å². The first-order chi connectivity index (χ1) is 12.1. The molecule has 3 aromatic rings. The quantitative estimate of drug-likeness (QED) is 0.727. The Hall–Kier alpha value is -3.53. The maximum Gasteiger partial charge on any atom is 0.258 e. The van der Waals surface area contributed by atoms with E-state index in [2.05, 4.69) is 4.98 Å². The van der Waals surface area contributed by atoms with Crippen LogP contribution in [-0.2, 0) is 6.54 Å². The fourth-order valence-electron chi connectivity index (χ4n) is 2.31. The van der Waals surface area contributed by atoms with E-state index in [-0.39, 0.29) is 23.5 Å². The maximum atomic E-state index is 14.2. The molecule has 5 nitrogen and oxygen atoms in total. The summed E-state index contributed by atoms with van der Waals surface area (Å²) in [5, 5.41) is 8.93. The standard InChI is InChI=1S/C18H11F2N3O2/c19-13-3-4-17(16(20)9-13)23(11-15-2-1-7-25-15)18(24)12-5-6-22-14(8-12)10-21/h1-9H,11H2. The van der Waals surface area contributed by atoms with Crippen molar-refractivity contribution >= 4 is 11.6 Å². The van der Waals surface area contributed by atoms with Crippen molar-refractivity contribution in [2.45, 2.75) is 6.54 Å². The molecule has 124 valence electrons. The van der Waals surface area contributed by atoms with Crippen LogP contribution in [0, 0.1) is 23.0 Å². The van der Waals surface area contributed by atoms with E-state index >= 15 is 0 Å². The van der Waals surface area contributed by atoms with Crippen molar-refractivity contribution in [3.8, 4) is 6.07 Å². The average molecular weight is 339 g/mol. The van der Waals surface area contributed by atoms with Crippen LogP contribution in [0.3, 0.4) is 0 Å². The molecule has 0 N–H and O–H groups in total. The van der Waals surface area contributed by atoms with Crippen LogP contribution in [0.2, 0.25) is 0 Å². The van der Waals surface area contributed by atoms with Gasteiger partial charge in [-0.2, -0.15) is 5.26 Å². The summed E-state index contributed by atoms with van der Waals surface area (Å²) >= 11 is 0. The van der Waals surface area contributed by atoms with Crippen LogP contribution in [0.15, 0.2) is 59.3 Å². The number of nitriles is 1. The Labute approximate surface area is 141 Å². The molecule has 0 bridgehead atoms. The van der Waals surface area contributed by atoms with Gasteiger partial charge in [-0.1, -0.05) is 0 Å². The molecule has 0 aliphatic heterocycles. The second kappa shape index (κ2) is 6.93. The highest BCUT2D eigenvalue weighted by atomic mass is 19.1. The molecule has 0 radical (unpaired) electrons. The summed E-state index contributed by atoms with van der Waals surface area (Å²) in [4.78, 5) is 17.8. The molecule has 0 unspecified atom stereocenters. The van der Waals surface area contributed by atoms with Gasteiger partial charge in [0.1, 0.15) is 29.2 Å². The summed E-state index contributed by atoms with van der Waals surface area (Å²) in [5.41, 5.74) is 0.114. The number of hydrogen-bond acceptors (Lipinski definition) is 4. The lowest BCUT2D eigenvalue weighted by Gasteiger charge is -2.22. The number of furan rings is 1. The van der Waals surface area contributed by atoms with Crippen LogP contribution in [-0.4, -0.2) is 10.9 Å². The van der Waals surface area contributed by atoms with E-state index in [1.165, 1.54) is 30.7 Å². The van der Waals surface area contributed by atoms with E-state index in [1.54, 1.807) is 12.1 Å². The van der Waals surface area contributed by atoms with Crippen LogP contribution < -0.4 is 4.90 Å². The lowest BCUT2D eigenvalue weighted by atomic mass is 10.1. The lowest BCUT2D eigenvalue weighted by Crippen LogP contribution is -2.31. The Bertz CT molecular complexity index is 949. The molecule has 1 amide bonds. The third-order valence-electron chi connectivity index (χ3n) is 3.46. The Morgan fingerprint density at radius 1 is 1.24 bits per heavy atom. The molecule has 0 spiro atoms. The van der Waals surface area contributed by atoms with Crippen LogP contribution in [0.4, 0.5) is 14.5 Å². The number of pyridine rings is 1. The minimum atomic E-state index is -0.880. The molecule has 7 heteroatoms. The van der Waals surface area contributed by atoms with Crippen molar-refractivity contribution in [3.05, 3.63) is 83.6 Å². The van der Waals surface area contributed by atoms with Gasteiger partial charge in [0, 0.05) is 17.8 Å². The van der Waals surface area contributed by atoms with Gasteiger partial charge in [0.05, 0.1) is 18.5 Å². The summed E-state index contributed by atoms with van der Waals surface area (Å²) in [6.07, 6.45) is 2.75. The number of aromatic nitrogens is 1. The SMILES string of the molecule is N#Cc1cc(C(=O)N(Cc2ccco2)c2ccc(F)cc2F)ccn1. The van der Waals surface area contributed by atoms with Gasteiger partial charge >= 0.3 is 0 Å². The number of rotatable bonds is 4. The van der Waals surface area contributed by atoms with Gasteiger partial charge in [-0.15, -0.1) is 0 Å². The lowest BCUT2D eigenvalue weighted by molar-refractivity contribution is 0.0982. The molecular formula is C18H11F2N3O2. The van der Waals surface area contributed by atoms with Gasteiger partial charge in [0.25, 0.3) is 5.91 Å². The molecule has 0 atom stereocenters. The average Bonchev–Trinajstić information content (AvgIpc) is 3.13. The van der Waals surface area contributed by atoms with E-state index in [1.807, 2.05) is 6.07 Å². The molecule has 0 aliphatic carbocycles. The molecule has 2 aromatic heterocycles. The van der Waals surface area contributed by atoms with Crippen molar-refractivity contribution < 1.29 is 18.0 Å². The van der Waals surface area contributed by atoms with E-state index < -0.39 is 17.5 Å². The largest absolute Gasteiger partial charge is 0.467 e. The number of carbonyl (C=O) groups is 1. The minimum absolute atomic E-state index is 0.0569. The van der Waals surface area contributed by atoms with Crippen molar-refractivity contribution in [1.82, 2.24) is 4.98 Å². The summed E-state index contributed by atoms with van der Waals surface area (Å²) in [6.45, 7) is -0.0569. The zero-order chi connectivity index (χ0) is 17.8. The van der Waals surface area contributed by atoms with Crippen LogP contribution in [0.5, 0.6) is 0 Å². The molecule has 2 heterocycles. The topological polar surface area (TPSA) is 70.1 Å². The zero-order valence-corrected chi connectivity index (χ0v) is 12.8. The number of anilines is 1. The summed E-state index contributed by atoms with van der Waals surface area (Å²) in [5.74, 6) is -1.77. The third-order valence-corrected chi connectivity index (χ3v) is 3.46. The van der Waals surface area contributed by atoms with Crippen molar-refractivity contribution in [2.75, 3.05) is 4.90 Å². The van der Waals surface area contributed by atoms with E-state index in [4.69, 9.17) is 9.68 Å². The fraction of sp³-hybridized carbons (Fsp3) is 0.0556. The fourth-order valence-corrected chi connectivity index (χ4v) is 2.31. The van der Waals surface area contributed by atoms with Crippen LogP contribution >= 0.6 is 0 Å². The van der Waals surface area contributed by atoms with Crippen molar-refractivity contribution in [2.24, 2.45) is 0 Å². The second-order valence-corrected chi connectivity index (χ2v) is 5.11. The highest BCUT2D eigenvalue weighted by Gasteiger charge is 2.23. The van der Waals surface area contributed by atoms with E-state index in [0.29, 0.717) is 11.8 Å². The van der Waals surface area contributed by atoms with Crippen molar-refractivity contribution in [1.29, 1.82) is 5.26 Å². The van der Waals surface area contributed by atoms with Crippen LogP contribution in [0.25, 0.3) is 0 Å². The summed E-state index contributed by atoms with van der Waals surface area (Å²) in [7, 11) is 0. The summed E-state index contributed by atoms with van der Waals surface area (Å²) < 4.78 is 32.7. The van der Waals surface area contributed by atoms with Gasteiger partial charge in [0.15, 0.2) is 0 Å². The van der Waals surface area contributed by atoms with Crippen LogP contribution in [0.1, 0.15) is 21.8 Å². The van der Waals surface area contributed by atoms with Gasteiger partial charge in [0.2, 0.25) is 0 Å². The van der Waals surface area contributed by atoms with E-state index in [9.17, 15) is 13.6 Å². The molecule has 0 saturated carbocycles. The first-order valence-electron chi connectivity index (χ1n) is 7.24. The smallest absolute Gasteiger partial charge is 0.258 e. The number of carbonyl (C=O) groups excluding carboxylic acids is 1. The molecule has 0 saturated heterocycles. The van der Waals surface area contributed by atoms with Crippen molar-refractivity contribution in [3.63, 3.8) is 0 Å². The predicted octanol–water partition coefficient (Wildman–Crippen LogP) is 3.67. The van der Waals surface area contributed by atoms with Gasteiger partial charge in [-0.05, 0) is 36.4 Å². The number of amides is 1. The third kappa shape index (κ3) is 3.53. The molecule has 0 aliphatic rings. The number of hydrogen-bond donors (Lipinski definition) is 0. The first kappa shape index (κ1) is 16.3. The molecule has 3 rings (SSSR count). The highest BCUT2D eigenvalue weighted by Crippen LogP contribution is 2.24. The Morgan fingerprint density at radius 2 is 2.08 bits per heavy atom. The Kier molecular flexibility index (Phi) is 4.53. The number of nitrogens with zero attached hydrogens (tertiary/aromatic N) is 3. The minimum Gasteiger partial charge on any atom is -0.467 e. The monoisotopic (exact) mass is 339 g/mol. The van der Waals surface area contributed by atoms with E-state index in [0.717, 1.165) is 11.0 Å². The zero-order valence-electron chi connectivity index (χ0n) is 12.8. The number of halogens is 2. The Balaban J connectivity index is 2.03. The number of benzene rings is 1. The Morgan fingerprint density at radius 3 is 2.76 bits per heavy atom. The first-order valence-corrected chi connectivity index (χ1v) is 7.24. The molecular weight excluding hydrogens is 328 g/mol. The summed E-state index contributed by atoms with van der Waals surface area (Å²) in [6, 6.07) is 10.8. The highest BCUT2D eigenvalue weighted by molar-refractivity contribution is 6.06.